The van der Waals surface area contributed by atoms with Crippen LogP contribution in [0.2, 0.25) is 0 Å². The van der Waals surface area contributed by atoms with Crippen LogP contribution >= 0.6 is 11.3 Å². The predicted octanol–water partition coefficient (Wildman–Crippen LogP) is 2.70. The molecule has 0 aromatic carbocycles. The quantitative estimate of drug-likeness (QED) is 0.824. The van der Waals surface area contributed by atoms with E-state index < -0.39 is 0 Å². The number of ether oxygens (including phenoxy) is 2. The maximum atomic E-state index is 6.31. The zero-order chi connectivity index (χ0) is 16.3. The Morgan fingerprint density at radius 3 is 3.09 bits per heavy atom. The van der Waals surface area contributed by atoms with Gasteiger partial charge >= 0.3 is 0 Å². The molecule has 3 heterocycles. The molecule has 2 saturated heterocycles. The fraction of sp³-hybridized carbons (Fsp3) is 0.778. The van der Waals surface area contributed by atoms with Crippen molar-refractivity contribution in [3.63, 3.8) is 0 Å². The first-order chi connectivity index (χ1) is 11.1. The molecule has 23 heavy (non-hydrogen) atoms. The lowest BCUT2D eigenvalue weighted by Gasteiger charge is -2.31. The van der Waals surface area contributed by atoms with Crippen LogP contribution in [-0.2, 0) is 16.0 Å². The highest BCUT2D eigenvalue weighted by atomic mass is 32.1. The van der Waals surface area contributed by atoms with Gasteiger partial charge in [-0.1, -0.05) is 0 Å². The third-order valence-electron chi connectivity index (χ3n) is 5.13. The Hall–Kier alpha value is -0.460. The van der Waals surface area contributed by atoms with Gasteiger partial charge in [0.25, 0.3) is 0 Å². The molecule has 1 spiro atoms. The summed E-state index contributed by atoms with van der Waals surface area (Å²) in [6.07, 6.45) is 1.12. The first-order valence-electron chi connectivity index (χ1n) is 8.72. The molecule has 0 bridgehead atoms. The molecule has 0 aliphatic carbocycles. The molecular weight excluding hydrogens is 308 g/mol. The fourth-order valence-electron chi connectivity index (χ4n) is 3.64. The molecule has 3 rings (SSSR count). The molecule has 0 unspecified atom stereocenters. The van der Waals surface area contributed by atoms with Crippen molar-refractivity contribution in [1.29, 1.82) is 0 Å². The third-order valence-corrected chi connectivity index (χ3v) is 5.86. The molecular formula is C18H30N2O2S. The second-order valence-electron chi connectivity index (χ2n) is 7.49. The first kappa shape index (κ1) is 17.4. The van der Waals surface area contributed by atoms with E-state index in [0.717, 1.165) is 52.4 Å². The molecule has 2 fully saturated rings. The molecule has 4 nitrogen and oxygen atoms in total. The van der Waals surface area contributed by atoms with E-state index >= 15 is 0 Å². The largest absolute Gasteiger partial charge is 0.377 e. The van der Waals surface area contributed by atoms with Gasteiger partial charge in [0.15, 0.2) is 0 Å². The second-order valence-corrected chi connectivity index (χ2v) is 8.27. The summed E-state index contributed by atoms with van der Waals surface area (Å²) in [5.41, 5.74) is 1.30. The number of thiophene rings is 1. The molecule has 0 N–H and O–H groups in total. The van der Waals surface area contributed by atoms with Gasteiger partial charge in [-0.15, -0.1) is 0 Å². The first-order valence-corrected chi connectivity index (χ1v) is 9.66. The zero-order valence-electron chi connectivity index (χ0n) is 14.7. The van der Waals surface area contributed by atoms with E-state index in [4.69, 9.17) is 9.47 Å². The van der Waals surface area contributed by atoms with Crippen LogP contribution in [-0.4, -0.2) is 67.9 Å². The predicted molar refractivity (Wildman–Crippen MR) is 95.0 cm³/mol. The Labute approximate surface area is 144 Å². The molecule has 130 valence electrons. The Morgan fingerprint density at radius 1 is 1.48 bits per heavy atom. The van der Waals surface area contributed by atoms with Crippen molar-refractivity contribution in [2.24, 2.45) is 5.92 Å². The molecule has 0 saturated carbocycles. The van der Waals surface area contributed by atoms with Crippen LogP contribution in [0.3, 0.4) is 0 Å². The number of nitrogens with zero attached hydrogens (tertiary/aromatic N) is 2. The summed E-state index contributed by atoms with van der Waals surface area (Å²) in [5.74, 6) is 0.618. The minimum atomic E-state index is -0.102. The van der Waals surface area contributed by atoms with Crippen LogP contribution in [0.5, 0.6) is 0 Å². The Balaban J connectivity index is 1.59. The van der Waals surface area contributed by atoms with Gasteiger partial charge in [0.1, 0.15) is 5.60 Å². The van der Waals surface area contributed by atoms with Crippen molar-refractivity contribution in [2.45, 2.75) is 38.5 Å². The van der Waals surface area contributed by atoms with E-state index in [0.29, 0.717) is 12.0 Å². The van der Waals surface area contributed by atoms with E-state index in [9.17, 15) is 0 Å². The van der Waals surface area contributed by atoms with Gasteiger partial charge in [0.2, 0.25) is 0 Å². The summed E-state index contributed by atoms with van der Waals surface area (Å²) in [7, 11) is 2.21. The molecule has 2 aliphatic heterocycles. The van der Waals surface area contributed by atoms with Crippen LogP contribution in [0.15, 0.2) is 16.8 Å². The molecule has 1 aromatic rings. The Bertz CT molecular complexity index is 479. The Kier molecular flexibility index (Phi) is 5.75. The summed E-state index contributed by atoms with van der Waals surface area (Å²) in [6.45, 7) is 11.0. The van der Waals surface area contributed by atoms with Crippen molar-refractivity contribution < 1.29 is 9.47 Å². The number of hydrogen-bond donors (Lipinski definition) is 0. The van der Waals surface area contributed by atoms with Gasteiger partial charge in [-0.25, -0.2) is 0 Å². The smallest absolute Gasteiger partial charge is 0.104 e. The van der Waals surface area contributed by atoms with E-state index in [1.165, 1.54) is 5.56 Å². The Morgan fingerprint density at radius 2 is 2.35 bits per heavy atom. The van der Waals surface area contributed by atoms with Crippen LogP contribution in [0.25, 0.3) is 0 Å². The van der Waals surface area contributed by atoms with E-state index in [1.807, 2.05) is 0 Å². The number of rotatable bonds is 5. The SMILES string of the molecule is CC(C)N(C)C[C@H]1CO[C@@]2(COCCN(Cc3ccsc3)C2)C1. The number of hydrogen-bond acceptors (Lipinski definition) is 5. The van der Waals surface area contributed by atoms with Gasteiger partial charge in [0, 0.05) is 32.2 Å². The zero-order valence-corrected chi connectivity index (χ0v) is 15.5. The normalized spacial score (nSPS) is 29.7. The summed E-state index contributed by atoms with van der Waals surface area (Å²) >= 11 is 1.77. The molecule has 5 heteroatoms. The highest BCUT2D eigenvalue weighted by molar-refractivity contribution is 7.07. The lowest BCUT2D eigenvalue weighted by Crippen LogP contribution is -2.44. The lowest BCUT2D eigenvalue weighted by atomic mass is 9.93. The van der Waals surface area contributed by atoms with Gasteiger partial charge in [-0.05, 0) is 55.6 Å². The van der Waals surface area contributed by atoms with Gasteiger partial charge in [-0.2, -0.15) is 11.3 Å². The van der Waals surface area contributed by atoms with E-state index in [2.05, 4.69) is 47.5 Å². The van der Waals surface area contributed by atoms with Crippen molar-refractivity contribution in [2.75, 3.05) is 46.5 Å². The molecule has 2 aliphatic rings. The van der Waals surface area contributed by atoms with E-state index in [1.54, 1.807) is 11.3 Å². The van der Waals surface area contributed by atoms with Crippen LogP contribution in [0, 0.1) is 5.92 Å². The minimum Gasteiger partial charge on any atom is -0.377 e. The summed E-state index contributed by atoms with van der Waals surface area (Å²) in [5, 5.41) is 4.40. The standard InChI is InChI=1S/C18H30N2O2S/c1-15(2)19(3)9-17-8-18(22-11-17)13-20(5-6-21-14-18)10-16-4-7-23-12-16/h4,7,12,15,17H,5-6,8-11,13-14H2,1-3H3/t17-,18-/m0/s1. The fourth-order valence-corrected chi connectivity index (χ4v) is 4.30. The van der Waals surface area contributed by atoms with E-state index in [-0.39, 0.29) is 5.60 Å². The lowest BCUT2D eigenvalue weighted by molar-refractivity contribution is -0.0563. The molecule has 2 atom stereocenters. The molecule has 1 aromatic heterocycles. The summed E-state index contributed by atoms with van der Waals surface area (Å²) in [6, 6.07) is 2.81. The molecule has 0 amide bonds. The highest BCUT2D eigenvalue weighted by Gasteiger charge is 2.43. The van der Waals surface area contributed by atoms with Crippen LogP contribution in [0.1, 0.15) is 25.8 Å². The summed E-state index contributed by atoms with van der Waals surface area (Å²) < 4.78 is 12.2. The maximum Gasteiger partial charge on any atom is 0.104 e. The summed E-state index contributed by atoms with van der Waals surface area (Å²) in [4.78, 5) is 4.93. The second kappa shape index (κ2) is 7.62. The molecule has 0 radical (unpaired) electrons. The maximum absolute atomic E-state index is 6.31. The monoisotopic (exact) mass is 338 g/mol. The van der Waals surface area contributed by atoms with Crippen molar-refractivity contribution in [3.8, 4) is 0 Å². The van der Waals surface area contributed by atoms with Crippen LogP contribution < -0.4 is 0 Å². The minimum absolute atomic E-state index is 0.102. The van der Waals surface area contributed by atoms with Crippen LogP contribution in [0.4, 0.5) is 0 Å². The average molecular weight is 339 g/mol. The average Bonchev–Trinajstić information content (AvgIpc) is 3.09. The van der Waals surface area contributed by atoms with Gasteiger partial charge in [0.05, 0.1) is 19.8 Å². The van der Waals surface area contributed by atoms with Gasteiger partial charge in [-0.3, -0.25) is 4.90 Å². The highest BCUT2D eigenvalue weighted by Crippen LogP contribution is 2.33. The van der Waals surface area contributed by atoms with Gasteiger partial charge < -0.3 is 14.4 Å². The third kappa shape index (κ3) is 4.54. The van der Waals surface area contributed by atoms with Crippen molar-refractivity contribution in [1.82, 2.24) is 9.80 Å². The van der Waals surface area contributed by atoms with Crippen molar-refractivity contribution >= 4 is 11.3 Å². The van der Waals surface area contributed by atoms with Crippen molar-refractivity contribution in [3.05, 3.63) is 22.4 Å². The topological polar surface area (TPSA) is 24.9 Å².